The lowest BCUT2D eigenvalue weighted by atomic mass is 9.68. The second-order valence-electron chi connectivity index (χ2n) is 7.89. The molecule has 2 N–H and O–H groups in total. The molecule has 2 rings (SSSR count). The number of hydrogen-bond acceptors (Lipinski definition) is 2. The van der Waals surface area contributed by atoms with Gasteiger partial charge in [0.05, 0.1) is 0 Å². The fourth-order valence-corrected chi connectivity index (χ4v) is 4.10. The zero-order chi connectivity index (χ0) is 16.8. The van der Waals surface area contributed by atoms with Crippen molar-refractivity contribution in [3.8, 4) is 0 Å². The van der Waals surface area contributed by atoms with Crippen LogP contribution in [0.4, 0.5) is 0 Å². The molecule has 1 fully saturated rings. The molecule has 0 amide bonds. The van der Waals surface area contributed by atoms with E-state index in [2.05, 4.69) is 32.9 Å². The van der Waals surface area contributed by atoms with Crippen molar-refractivity contribution in [1.82, 2.24) is 0 Å². The van der Waals surface area contributed by atoms with Crippen LogP contribution in [0.1, 0.15) is 58.4 Å². The van der Waals surface area contributed by atoms with Crippen molar-refractivity contribution in [1.29, 1.82) is 0 Å². The largest absolute Gasteiger partial charge is 0.327 e. The number of ketones is 1. The molecular formula is C21H33NO. The standard InChI is InChI=1S/C21H33NO/c1-15(2)19-11-9-16(3)13-20(19)21(23)12-10-18(22)14-17-7-5-4-6-8-17/h4-8,15-16,18-20H,9-14,22H2,1-3H3/t16-,18-,19+,20-/m1/s1. The molecule has 0 saturated heterocycles. The number of rotatable bonds is 7. The number of carbonyl (C=O) groups is 1. The molecular weight excluding hydrogens is 282 g/mol. The van der Waals surface area contributed by atoms with Crippen molar-refractivity contribution in [3.63, 3.8) is 0 Å². The average Bonchev–Trinajstić information content (AvgIpc) is 2.53. The van der Waals surface area contributed by atoms with Crippen LogP contribution in [0.25, 0.3) is 0 Å². The van der Waals surface area contributed by atoms with Gasteiger partial charge in [-0.25, -0.2) is 0 Å². The van der Waals surface area contributed by atoms with Gasteiger partial charge in [-0.1, -0.05) is 57.5 Å². The summed E-state index contributed by atoms with van der Waals surface area (Å²) >= 11 is 0. The number of nitrogens with two attached hydrogens (primary N) is 1. The van der Waals surface area contributed by atoms with Crippen LogP contribution in [0.2, 0.25) is 0 Å². The minimum absolute atomic E-state index is 0.0832. The lowest BCUT2D eigenvalue weighted by molar-refractivity contribution is -0.127. The maximum absolute atomic E-state index is 12.8. The predicted octanol–water partition coefficient (Wildman–Crippen LogP) is 4.61. The van der Waals surface area contributed by atoms with E-state index in [1.54, 1.807) is 0 Å². The molecule has 128 valence electrons. The van der Waals surface area contributed by atoms with E-state index >= 15 is 0 Å². The van der Waals surface area contributed by atoms with Crippen LogP contribution in [0.5, 0.6) is 0 Å². The van der Waals surface area contributed by atoms with Gasteiger partial charge >= 0.3 is 0 Å². The zero-order valence-corrected chi connectivity index (χ0v) is 15.0. The van der Waals surface area contributed by atoms with E-state index in [0.717, 1.165) is 19.3 Å². The first-order valence-corrected chi connectivity index (χ1v) is 9.29. The Hall–Kier alpha value is -1.15. The smallest absolute Gasteiger partial charge is 0.136 e. The van der Waals surface area contributed by atoms with Crippen LogP contribution in [0.3, 0.4) is 0 Å². The first-order valence-electron chi connectivity index (χ1n) is 9.29. The van der Waals surface area contributed by atoms with Crippen molar-refractivity contribution < 1.29 is 4.79 Å². The first kappa shape index (κ1) is 18.2. The predicted molar refractivity (Wildman–Crippen MR) is 97.2 cm³/mol. The van der Waals surface area contributed by atoms with Gasteiger partial charge in [-0.3, -0.25) is 4.79 Å². The van der Waals surface area contributed by atoms with Gasteiger partial charge in [0, 0.05) is 18.4 Å². The summed E-state index contributed by atoms with van der Waals surface area (Å²) < 4.78 is 0. The Labute approximate surface area is 141 Å². The Morgan fingerprint density at radius 1 is 1.22 bits per heavy atom. The summed E-state index contributed by atoms with van der Waals surface area (Å²) in [7, 11) is 0. The molecule has 2 heteroatoms. The normalized spacial score (nSPS) is 26.2. The van der Waals surface area contributed by atoms with Crippen molar-refractivity contribution >= 4 is 5.78 Å². The van der Waals surface area contributed by atoms with Crippen LogP contribution >= 0.6 is 0 Å². The van der Waals surface area contributed by atoms with Crippen LogP contribution < -0.4 is 5.73 Å². The molecule has 23 heavy (non-hydrogen) atoms. The topological polar surface area (TPSA) is 43.1 Å². The van der Waals surface area contributed by atoms with E-state index in [-0.39, 0.29) is 12.0 Å². The molecule has 2 nitrogen and oxygen atoms in total. The lowest BCUT2D eigenvalue weighted by Gasteiger charge is -2.36. The maximum Gasteiger partial charge on any atom is 0.136 e. The molecule has 1 aromatic carbocycles. The molecule has 0 bridgehead atoms. The van der Waals surface area contributed by atoms with E-state index in [4.69, 9.17) is 5.73 Å². The maximum atomic E-state index is 12.8. The quantitative estimate of drug-likeness (QED) is 0.798. The van der Waals surface area contributed by atoms with Crippen LogP contribution in [0.15, 0.2) is 30.3 Å². The van der Waals surface area contributed by atoms with Gasteiger partial charge in [-0.05, 0) is 49.0 Å². The highest BCUT2D eigenvalue weighted by Gasteiger charge is 2.34. The van der Waals surface area contributed by atoms with E-state index in [9.17, 15) is 4.79 Å². The van der Waals surface area contributed by atoms with Gasteiger partial charge < -0.3 is 5.73 Å². The van der Waals surface area contributed by atoms with Gasteiger partial charge in [-0.2, -0.15) is 0 Å². The molecule has 0 radical (unpaired) electrons. The van der Waals surface area contributed by atoms with Gasteiger partial charge in [-0.15, -0.1) is 0 Å². The molecule has 4 atom stereocenters. The minimum atomic E-state index is 0.0832. The zero-order valence-electron chi connectivity index (χ0n) is 15.0. The Balaban J connectivity index is 1.85. The van der Waals surface area contributed by atoms with Gasteiger partial charge in [0.25, 0.3) is 0 Å². The monoisotopic (exact) mass is 315 g/mol. The Morgan fingerprint density at radius 3 is 2.57 bits per heavy atom. The Morgan fingerprint density at radius 2 is 1.91 bits per heavy atom. The average molecular weight is 316 g/mol. The third-order valence-electron chi connectivity index (χ3n) is 5.54. The Kier molecular flexibility index (Phi) is 6.83. The summed E-state index contributed by atoms with van der Waals surface area (Å²) in [6.45, 7) is 6.82. The van der Waals surface area contributed by atoms with E-state index in [1.165, 1.54) is 18.4 Å². The third-order valence-corrected chi connectivity index (χ3v) is 5.54. The number of carbonyl (C=O) groups excluding carboxylic acids is 1. The SMILES string of the molecule is CC(C)[C@@H]1CC[C@@H](C)C[C@H]1C(=O)CC[C@@H](N)Cc1ccccc1. The summed E-state index contributed by atoms with van der Waals surface area (Å²) in [5, 5.41) is 0. The summed E-state index contributed by atoms with van der Waals surface area (Å²) in [5.41, 5.74) is 7.52. The molecule has 1 saturated carbocycles. The second-order valence-corrected chi connectivity index (χ2v) is 7.89. The van der Waals surface area contributed by atoms with Crippen molar-refractivity contribution in [2.24, 2.45) is 29.4 Å². The first-order chi connectivity index (χ1) is 11.0. The lowest BCUT2D eigenvalue weighted by Crippen LogP contribution is -2.34. The van der Waals surface area contributed by atoms with Gasteiger partial charge in [0.15, 0.2) is 0 Å². The molecule has 0 unspecified atom stereocenters. The summed E-state index contributed by atoms with van der Waals surface area (Å²) in [6, 6.07) is 10.4. The Bertz CT molecular complexity index is 482. The molecule has 0 aliphatic heterocycles. The summed E-state index contributed by atoms with van der Waals surface area (Å²) in [6.07, 6.45) is 5.89. The highest BCUT2D eigenvalue weighted by molar-refractivity contribution is 5.81. The van der Waals surface area contributed by atoms with E-state index in [1.807, 2.05) is 18.2 Å². The van der Waals surface area contributed by atoms with Gasteiger partial charge in [0.1, 0.15) is 5.78 Å². The molecule has 0 spiro atoms. The molecule has 1 aromatic rings. The number of Topliss-reactive ketones (excluding diaryl/α,β-unsaturated/α-hetero) is 1. The second kappa shape index (κ2) is 8.63. The highest BCUT2D eigenvalue weighted by Crippen LogP contribution is 2.39. The van der Waals surface area contributed by atoms with Crippen LogP contribution in [-0.2, 0) is 11.2 Å². The molecule has 0 aromatic heterocycles. The molecule has 1 aliphatic rings. The molecule has 0 heterocycles. The van der Waals surface area contributed by atoms with Crippen LogP contribution in [-0.4, -0.2) is 11.8 Å². The fraction of sp³-hybridized carbons (Fsp3) is 0.667. The third kappa shape index (κ3) is 5.46. The van der Waals surface area contributed by atoms with E-state index in [0.29, 0.717) is 30.0 Å². The highest BCUT2D eigenvalue weighted by atomic mass is 16.1. The summed E-state index contributed by atoms with van der Waals surface area (Å²) in [5.74, 6) is 2.59. The van der Waals surface area contributed by atoms with Gasteiger partial charge in [0.2, 0.25) is 0 Å². The summed E-state index contributed by atoms with van der Waals surface area (Å²) in [4.78, 5) is 12.8. The molecule has 1 aliphatic carbocycles. The minimum Gasteiger partial charge on any atom is -0.327 e. The fourth-order valence-electron chi connectivity index (χ4n) is 4.10. The van der Waals surface area contributed by atoms with Crippen molar-refractivity contribution in [2.75, 3.05) is 0 Å². The number of benzene rings is 1. The van der Waals surface area contributed by atoms with Crippen molar-refractivity contribution in [3.05, 3.63) is 35.9 Å². The van der Waals surface area contributed by atoms with E-state index < -0.39 is 0 Å². The van der Waals surface area contributed by atoms with Crippen molar-refractivity contribution in [2.45, 2.75) is 65.3 Å². The van der Waals surface area contributed by atoms with Crippen LogP contribution in [0, 0.1) is 23.7 Å². The number of hydrogen-bond donors (Lipinski definition) is 1.